The number of hydrogen-bond acceptors (Lipinski definition) is 3. The maximum atomic E-state index is 11.8. The molecular weight excluding hydrogens is 272 g/mol. The Bertz CT molecular complexity index is 678. The van der Waals surface area contributed by atoms with Gasteiger partial charge < -0.3 is 0 Å². The molecule has 2 aromatic rings. The van der Waals surface area contributed by atoms with Crippen LogP contribution >= 0.6 is 0 Å². The Labute approximate surface area is 119 Å². The Morgan fingerprint density at radius 1 is 1.10 bits per heavy atom. The predicted octanol–water partition coefficient (Wildman–Crippen LogP) is 2.48. The fourth-order valence-corrected chi connectivity index (χ4v) is 2.38. The first kappa shape index (κ1) is 14.4. The van der Waals surface area contributed by atoms with Crippen molar-refractivity contribution < 1.29 is 8.42 Å². The SMILES string of the molecule is Cc1ccc(CNS(=O)(=O)C=Cc2ccncc2)cc1. The molecule has 0 atom stereocenters. The molecule has 1 N–H and O–H groups in total. The van der Waals surface area contributed by atoms with Crippen molar-refractivity contribution in [1.29, 1.82) is 0 Å². The lowest BCUT2D eigenvalue weighted by Crippen LogP contribution is -2.20. The molecule has 0 amide bonds. The smallest absolute Gasteiger partial charge is 0.234 e. The van der Waals surface area contributed by atoms with Crippen LogP contribution in [0, 0.1) is 6.92 Å². The van der Waals surface area contributed by atoms with Gasteiger partial charge in [0.1, 0.15) is 0 Å². The molecule has 0 aliphatic carbocycles. The van der Waals surface area contributed by atoms with E-state index in [4.69, 9.17) is 0 Å². The lowest BCUT2D eigenvalue weighted by atomic mass is 10.2. The summed E-state index contributed by atoms with van der Waals surface area (Å²) in [5.74, 6) is 0. The van der Waals surface area contributed by atoms with Gasteiger partial charge in [-0.1, -0.05) is 29.8 Å². The van der Waals surface area contributed by atoms with Crippen LogP contribution in [0.1, 0.15) is 16.7 Å². The molecule has 20 heavy (non-hydrogen) atoms. The fraction of sp³-hybridized carbons (Fsp3) is 0.133. The minimum absolute atomic E-state index is 0.281. The number of nitrogens with one attached hydrogen (secondary N) is 1. The Balaban J connectivity index is 1.97. The van der Waals surface area contributed by atoms with Crippen molar-refractivity contribution >= 4 is 16.1 Å². The first-order valence-electron chi connectivity index (χ1n) is 6.18. The quantitative estimate of drug-likeness (QED) is 0.919. The van der Waals surface area contributed by atoms with Gasteiger partial charge in [-0.2, -0.15) is 0 Å². The summed E-state index contributed by atoms with van der Waals surface area (Å²) in [4.78, 5) is 3.87. The Morgan fingerprint density at radius 2 is 1.75 bits per heavy atom. The molecule has 1 heterocycles. The standard InChI is InChI=1S/C15H16N2O2S/c1-13-2-4-15(5-3-13)12-17-20(18,19)11-8-14-6-9-16-10-7-14/h2-11,17H,12H2,1H3. The molecule has 1 aromatic carbocycles. The molecule has 0 radical (unpaired) electrons. The van der Waals surface area contributed by atoms with Crippen LogP contribution < -0.4 is 4.72 Å². The average Bonchev–Trinajstić information content (AvgIpc) is 2.46. The van der Waals surface area contributed by atoms with Gasteiger partial charge in [0.2, 0.25) is 10.0 Å². The van der Waals surface area contributed by atoms with Crippen LogP contribution in [0.15, 0.2) is 54.2 Å². The molecule has 0 saturated carbocycles. The van der Waals surface area contributed by atoms with E-state index in [1.165, 1.54) is 0 Å². The maximum absolute atomic E-state index is 11.8. The number of benzene rings is 1. The van der Waals surface area contributed by atoms with Gasteiger partial charge in [-0.15, -0.1) is 0 Å². The molecule has 2 rings (SSSR count). The molecule has 0 spiro atoms. The zero-order valence-electron chi connectivity index (χ0n) is 11.2. The van der Waals surface area contributed by atoms with Crippen LogP contribution in [0.5, 0.6) is 0 Å². The summed E-state index contributed by atoms with van der Waals surface area (Å²) in [5.41, 5.74) is 2.87. The minimum atomic E-state index is -3.44. The van der Waals surface area contributed by atoms with Gasteiger partial charge in [0.15, 0.2) is 0 Å². The summed E-state index contributed by atoms with van der Waals surface area (Å²) < 4.78 is 26.2. The van der Waals surface area contributed by atoms with Crippen molar-refractivity contribution in [1.82, 2.24) is 9.71 Å². The lowest BCUT2D eigenvalue weighted by Gasteiger charge is -2.03. The van der Waals surface area contributed by atoms with Gasteiger partial charge in [0.25, 0.3) is 0 Å². The van der Waals surface area contributed by atoms with E-state index in [9.17, 15) is 8.42 Å². The van der Waals surface area contributed by atoms with Gasteiger partial charge in [-0.05, 0) is 36.3 Å². The van der Waals surface area contributed by atoms with Crippen LogP contribution in [0.2, 0.25) is 0 Å². The van der Waals surface area contributed by atoms with Crippen molar-refractivity contribution in [2.24, 2.45) is 0 Å². The monoisotopic (exact) mass is 288 g/mol. The molecule has 104 valence electrons. The number of hydrogen-bond donors (Lipinski definition) is 1. The molecule has 0 unspecified atom stereocenters. The third-order valence-electron chi connectivity index (χ3n) is 2.74. The van der Waals surface area contributed by atoms with E-state index < -0.39 is 10.0 Å². The predicted molar refractivity (Wildman–Crippen MR) is 80.2 cm³/mol. The molecule has 0 aliphatic heterocycles. The molecule has 1 aromatic heterocycles. The molecule has 5 heteroatoms. The third-order valence-corrected chi connectivity index (χ3v) is 3.78. The molecule has 0 aliphatic rings. The second-order valence-corrected chi connectivity index (χ2v) is 6.09. The zero-order valence-corrected chi connectivity index (χ0v) is 12.0. The molecule has 0 bridgehead atoms. The summed E-state index contributed by atoms with van der Waals surface area (Å²) in [6.45, 7) is 2.27. The summed E-state index contributed by atoms with van der Waals surface area (Å²) in [5, 5.41) is 1.16. The van der Waals surface area contributed by atoms with Crippen molar-refractivity contribution in [2.45, 2.75) is 13.5 Å². The minimum Gasteiger partial charge on any atom is -0.265 e. The van der Waals surface area contributed by atoms with E-state index in [0.29, 0.717) is 0 Å². The zero-order chi connectivity index (χ0) is 14.4. The highest BCUT2D eigenvalue weighted by atomic mass is 32.2. The molecular formula is C15H16N2O2S. The van der Waals surface area contributed by atoms with Crippen LogP contribution in [0.4, 0.5) is 0 Å². The summed E-state index contributed by atoms with van der Waals surface area (Å²) in [6, 6.07) is 11.2. The highest BCUT2D eigenvalue weighted by Crippen LogP contribution is 2.05. The Hall–Kier alpha value is -1.98. The number of pyridine rings is 1. The molecule has 4 nitrogen and oxygen atoms in total. The van der Waals surface area contributed by atoms with Gasteiger partial charge in [0, 0.05) is 24.3 Å². The second kappa shape index (κ2) is 6.45. The van der Waals surface area contributed by atoms with Gasteiger partial charge >= 0.3 is 0 Å². The number of rotatable bonds is 5. The normalized spacial score (nSPS) is 11.8. The first-order valence-corrected chi connectivity index (χ1v) is 7.73. The van der Waals surface area contributed by atoms with Gasteiger partial charge in [-0.3, -0.25) is 4.98 Å². The van der Waals surface area contributed by atoms with Gasteiger partial charge in [-0.25, -0.2) is 13.1 Å². The van der Waals surface area contributed by atoms with Crippen molar-refractivity contribution in [3.8, 4) is 0 Å². The number of nitrogens with zero attached hydrogens (tertiary/aromatic N) is 1. The van der Waals surface area contributed by atoms with Crippen LogP contribution in [0.25, 0.3) is 6.08 Å². The average molecular weight is 288 g/mol. The van der Waals surface area contributed by atoms with Crippen molar-refractivity contribution in [3.05, 3.63) is 70.9 Å². The van der Waals surface area contributed by atoms with Crippen molar-refractivity contribution in [3.63, 3.8) is 0 Å². The van der Waals surface area contributed by atoms with E-state index in [2.05, 4.69) is 9.71 Å². The molecule has 0 fully saturated rings. The van der Waals surface area contributed by atoms with Crippen LogP contribution in [-0.2, 0) is 16.6 Å². The van der Waals surface area contributed by atoms with E-state index >= 15 is 0 Å². The first-order chi connectivity index (χ1) is 9.55. The van der Waals surface area contributed by atoms with E-state index in [1.54, 1.807) is 30.6 Å². The Kier molecular flexibility index (Phi) is 4.65. The van der Waals surface area contributed by atoms with E-state index in [-0.39, 0.29) is 6.54 Å². The van der Waals surface area contributed by atoms with E-state index in [0.717, 1.165) is 22.1 Å². The second-order valence-electron chi connectivity index (χ2n) is 4.44. The summed E-state index contributed by atoms with van der Waals surface area (Å²) >= 11 is 0. The largest absolute Gasteiger partial charge is 0.265 e. The fourth-order valence-electron chi connectivity index (χ4n) is 1.58. The topological polar surface area (TPSA) is 59.1 Å². The number of sulfonamides is 1. The van der Waals surface area contributed by atoms with Gasteiger partial charge in [0.05, 0.1) is 0 Å². The van der Waals surface area contributed by atoms with E-state index in [1.807, 2.05) is 31.2 Å². The Morgan fingerprint density at radius 3 is 2.40 bits per heavy atom. The highest BCUT2D eigenvalue weighted by Gasteiger charge is 2.04. The maximum Gasteiger partial charge on any atom is 0.234 e. The summed E-state index contributed by atoms with van der Waals surface area (Å²) in [7, 11) is -3.44. The third kappa shape index (κ3) is 4.60. The van der Waals surface area contributed by atoms with Crippen LogP contribution in [0.3, 0.4) is 0 Å². The number of aryl methyl sites for hydroxylation is 1. The molecule has 0 saturated heterocycles. The number of aromatic nitrogens is 1. The summed E-state index contributed by atoms with van der Waals surface area (Å²) in [6.07, 6.45) is 4.78. The van der Waals surface area contributed by atoms with Crippen LogP contribution in [-0.4, -0.2) is 13.4 Å². The van der Waals surface area contributed by atoms with Crippen molar-refractivity contribution in [2.75, 3.05) is 0 Å². The lowest BCUT2D eigenvalue weighted by molar-refractivity contribution is 0.591. The highest BCUT2D eigenvalue weighted by molar-refractivity contribution is 7.92.